The Hall–Kier alpha value is -2.54. The maximum absolute atomic E-state index is 13.7. The summed E-state index contributed by atoms with van der Waals surface area (Å²) in [5, 5.41) is 2.31. The van der Waals surface area contributed by atoms with E-state index in [9.17, 15) is 18.0 Å². The van der Waals surface area contributed by atoms with Gasteiger partial charge in [-0.05, 0) is 24.6 Å². The van der Waals surface area contributed by atoms with Crippen molar-refractivity contribution in [2.75, 3.05) is 31.5 Å². The number of amides is 2. The minimum atomic E-state index is -1.59. The molecular formula is C19H20F3N3O. The van der Waals surface area contributed by atoms with Crippen molar-refractivity contribution >= 4 is 11.7 Å². The van der Waals surface area contributed by atoms with Crippen LogP contribution in [0.5, 0.6) is 0 Å². The summed E-state index contributed by atoms with van der Waals surface area (Å²) < 4.78 is 39.9. The predicted molar refractivity (Wildman–Crippen MR) is 93.3 cm³/mol. The summed E-state index contributed by atoms with van der Waals surface area (Å²) in [6, 6.07) is 11.6. The summed E-state index contributed by atoms with van der Waals surface area (Å²) in [6.45, 7) is 4.39. The zero-order chi connectivity index (χ0) is 18.7. The van der Waals surface area contributed by atoms with Gasteiger partial charge in [0.2, 0.25) is 0 Å². The molecule has 26 heavy (non-hydrogen) atoms. The van der Waals surface area contributed by atoms with Gasteiger partial charge in [0.05, 0.1) is 5.69 Å². The van der Waals surface area contributed by atoms with Crippen LogP contribution >= 0.6 is 0 Å². The highest BCUT2D eigenvalue weighted by Crippen LogP contribution is 2.23. The van der Waals surface area contributed by atoms with Crippen molar-refractivity contribution in [1.29, 1.82) is 0 Å². The minimum Gasteiger partial charge on any atom is -0.322 e. The topological polar surface area (TPSA) is 35.6 Å². The molecule has 138 valence electrons. The average molecular weight is 363 g/mol. The molecule has 4 nitrogen and oxygen atoms in total. The van der Waals surface area contributed by atoms with Crippen molar-refractivity contribution in [3.05, 3.63) is 65.5 Å². The van der Waals surface area contributed by atoms with E-state index in [1.165, 1.54) is 10.5 Å². The van der Waals surface area contributed by atoms with Gasteiger partial charge in [-0.2, -0.15) is 0 Å². The van der Waals surface area contributed by atoms with Gasteiger partial charge in [0.15, 0.2) is 17.5 Å². The van der Waals surface area contributed by atoms with Crippen molar-refractivity contribution in [3.63, 3.8) is 0 Å². The fraction of sp³-hybridized carbons (Fsp3) is 0.316. The number of hydrogen-bond acceptors (Lipinski definition) is 2. The van der Waals surface area contributed by atoms with Crippen LogP contribution in [0.15, 0.2) is 42.5 Å². The zero-order valence-corrected chi connectivity index (χ0v) is 14.4. The number of rotatable bonds is 3. The molecule has 0 unspecified atom stereocenters. The lowest BCUT2D eigenvalue weighted by Crippen LogP contribution is -2.50. The molecule has 1 fully saturated rings. The highest BCUT2D eigenvalue weighted by molar-refractivity contribution is 5.89. The molecule has 2 aromatic rings. The Morgan fingerprint density at radius 3 is 2.27 bits per heavy atom. The van der Waals surface area contributed by atoms with Crippen LogP contribution in [0, 0.1) is 17.5 Å². The van der Waals surface area contributed by atoms with E-state index in [0.717, 1.165) is 12.1 Å². The first-order valence-corrected chi connectivity index (χ1v) is 8.46. The molecular weight excluding hydrogens is 343 g/mol. The van der Waals surface area contributed by atoms with Gasteiger partial charge in [-0.3, -0.25) is 4.90 Å². The van der Waals surface area contributed by atoms with Crippen molar-refractivity contribution in [2.24, 2.45) is 0 Å². The Bertz CT molecular complexity index is 777. The van der Waals surface area contributed by atoms with Crippen LogP contribution in [-0.4, -0.2) is 42.0 Å². The molecule has 0 radical (unpaired) electrons. The largest absolute Gasteiger partial charge is 0.322 e. The van der Waals surface area contributed by atoms with Crippen molar-refractivity contribution in [1.82, 2.24) is 9.80 Å². The molecule has 0 bridgehead atoms. The van der Waals surface area contributed by atoms with Gasteiger partial charge in [-0.25, -0.2) is 18.0 Å². The zero-order valence-electron chi connectivity index (χ0n) is 14.4. The van der Waals surface area contributed by atoms with Crippen LogP contribution in [-0.2, 0) is 0 Å². The van der Waals surface area contributed by atoms with E-state index >= 15 is 0 Å². The Kier molecular flexibility index (Phi) is 5.46. The van der Waals surface area contributed by atoms with Gasteiger partial charge in [0.1, 0.15) is 0 Å². The van der Waals surface area contributed by atoms with Gasteiger partial charge < -0.3 is 10.2 Å². The summed E-state index contributed by atoms with van der Waals surface area (Å²) in [5.41, 5.74) is 0.836. The van der Waals surface area contributed by atoms with Gasteiger partial charge in [-0.15, -0.1) is 0 Å². The van der Waals surface area contributed by atoms with Crippen LogP contribution in [0.1, 0.15) is 18.5 Å². The van der Waals surface area contributed by atoms with Gasteiger partial charge in [-0.1, -0.05) is 30.3 Å². The lowest BCUT2D eigenvalue weighted by Gasteiger charge is -2.38. The number of anilines is 1. The second-order valence-corrected chi connectivity index (χ2v) is 6.26. The first-order valence-electron chi connectivity index (χ1n) is 8.46. The third-order valence-electron chi connectivity index (χ3n) is 4.71. The van der Waals surface area contributed by atoms with Crippen LogP contribution in [0.25, 0.3) is 0 Å². The molecule has 1 aliphatic heterocycles. The molecule has 3 rings (SSSR count). The lowest BCUT2D eigenvalue weighted by atomic mass is 10.1. The van der Waals surface area contributed by atoms with Gasteiger partial charge in [0, 0.05) is 32.2 Å². The normalized spacial score (nSPS) is 16.4. The monoisotopic (exact) mass is 363 g/mol. The van der Waals surface area contributed by atoms with E-state index in [1.54, 1.807) is 0 Å². The highest BCUT2D eigenvalue weighted by Gasteiger charge is 2.25. The van der Waals surface area contributed by atoms with Crippen molar-refractivity contribution < 1.29 is 18.0 Å². The summed E-state index contributed by atoms with van der Waals surface area (Å²) in [7, 11) is 0. The Balaban J connectivity index is 1.58. The third-order valence-corrected chi connectivity index (χ3v) is 4.71. The minimum absolute atomic E-state index is 0.227. The molecule has 2 aromatic carbocycles. The van der Waals surface area contributed by atoms with E-state index in [-0.39, 0.29) is 11.7 Å². The Labute approximate surface area is 150 Å². The second-order valence-electron chi connectivity index (χ2n) is 6.26. The number of carbonyl (C=O) groups excluding carboxylic acids is 1. The molecule has 0 spiro atoms. The van der Waals surface area contributed by atoms with Gasteiger partial charge >= 0.3 is 6.03 Å². The maximum atomic E-state index is 13.7. The molecule has 0 aliphatic carbocycles. The summed E-state index contributed by atoms with van der Waals surface area (Å²) in [6.07, 6.45) is 0. The number of halogens is 3. The molecule has 0 aromatic heterocycles. The predicted octanol–water partition coefficient (Wildman–Crippen LogP) is 4.01. The SMILES string of the molecule is C[C@@H](c1ccccc1)N1CCN(C(=O)Nc2ccc(F)c(F)c2F)CC1. The van der Waals surface area contributed by atoms with Crippen LogP contribution in [0.2, 0.25) is 0 Å². The second kappa shape index (κ2) is 7.78. The Morgan fingerprint density at radius 1 is 0.962 bits per heavy atom. The molecule has 1 N–H and O–H groups in total. The molecule has 1 atom stereocenters. The molecule has 2 amide bonds. The van der Waals surface area contributed by atoms with E-state index in [0.29, 0.717) is 26.2 Å². The Morgan fingerprint density at radius 2 is 1.62 bits per heavy atom. The maximum Gasteiger partial charge on any atom is 0.322 e. The average Bonchev–Trinajstić information content (AvgIpc) is 2.68. The summed E-state index contributed by atoms with van der Waals surface area (Å²) in [5.74, 6) is -4.27. The number of hydrogen-bond donors (Lipinski definition) is 1. The first kappa shape index (κ1) is 18.3. The van der Waals surface area contributed by atoms with E-state index in [2.05, 4.69) is 29.3 Å². The third kappa shape index (κ3) is 3.83. The van der Waals surface area contributed by atoms with Gasteiger partial charge in [0.25, 0.3) is 0 Å². The van der Waals surface area contributed by atoms with Crippen LogP contribution in [0.4, 0.5) is 23.7 Å². The van der Waals surface area contributed by atoms with Crippen molar-refractivity contribution in [2.45, 2.75) is 13.0 Å². The smallest absolute Gasteiger partial charge is 0.322 e. The summed E-state index contributed by atoms with van der Waals surface area (Å²) >= 11 is 0. The van der Waals surface area contributed by atoms with Crippen LogP contribution < -0.4 is 5.32 Å². The fourth-order valence-electron chi connectivity index (χ4n) is 3.07. The fourth-order valence-corrected chi connectivity index (χ4v) is 3.07. The van der Waals surface area contributed by atoms with E-state index < -0.39 is 23.5 Å². The van der Waals surface area contributed by atoms with Crippen molar-refractivity contribution in [3.8, 4) is 0 Å². The molecule has 1 aliphatic rings. The van der Waals surface area contributed by atoms with E-state index in [1.807, 2.05) is 18.2 Å². The molecule has 1 saturated heterocycles. The number of nitrogens with zero attached hydrogens (tertiary/aromatic N) is 2. The number of piperazine rings is 1. The first-order chi connectivity index (χ1) is 12.5. The number of carbonyl (C=O) groups is 1. The lowest BCUT2D eigenvalue weighted by molar-refractivity contribution is 0.119. The standard InChI is InChI=1S/C19H20F3N3O/c1-13(14-5-3-2-4-6-14)24-9-11-25(12-10-24)19(26)23-16-8-7-15(20)17(21)18(16)22/h2-8,13H,9-12H2,1H3,(H,23,26)/t13-/m0/s1. The highest BCUT2D eigenvalue weighted by atomic mass is 19.2. The number of urea groups is 1. The van der Waals surface area contributed by atoms with E-state index in [4.69, 9.17) is 0 Å². The molecule has 1 heterocycles. The van der Waals surface area contributed by atoms with Crippen LogP contribution in [0.3, 0.4) is 0 Å². The number of nitrogens with one attached hydrogen (secondary N) is 1. The summed E-state index contributed by atoms with van der Waals surface area (Å²) in [4.78, 5) is 16.1. The number of benzene rings is 2. The quantitative estimate of drug-likeness (QED) is 0.837. The molecule has 7 heteroatoms. The molecule has 0 saturated carbocycles.